The number of ether oxygens (including phenoxy) is 1. The second-order valence-corrected chi connectivity index (χ2v) is 5.66. The molecule has 94 valence electrons. The second kappa shape index (κ2) is 5.53. The molecular formula is C12H24N2O2. The zero-order chi connectivity index (χ0) is 12.2. The SMILES string of the molecule is CC(C)(C)OCC1CCCC(NC(N)=O)C1. The van der Waals surface area contributed by atoms with E-state index in [0.717, 1.165) is 25.9 Å². The molecule has 0 radical (unpaired) electrons. The van der Waals surface area contributed by atoms with Gasteiger partial charge in [0, 0.05) is 6.04 Å². The number of primary amides is 1. The van der Waals surface area contributed by atoms with Crippen LogP contribution in [0.5, 0.6) is 0 Å². The van der Waals surface area contributed by atoms with Crippen LogP contribution < -0.4 is 11.1 Å². The molecule has 4 heteroatoms. The summed E-state index contributed by atoms with van der Waals surface area (Å²) in [7, 11) is 0. The molecule has 1 fully saturated rings. The van der Waals surface area contributed by atoms with Gasteiger partial charge >= 0.3 is 6.03 Å². The van der Waals surface area contributed by atoms with Gasteiger partial charge in [-0.05, 0) is 46.0 Å². The third-order valence-corrected chi connectivity index (χ3v) is 2.88. The van der Waals surface area contributed by atoms with Gasteiger partial charge in [-0.3, -0.25) is 0 Å². The molecule has 0 aliphatic heterocycles. The zero-order valence-corrected chi connectivity index (χ0v) is 10.6. The maximum Gasteiger partial charge on any atom is 0.312 e. The number of hydrogen-bond donors (Lipinski definition) is 2. The predicted octanol–water partition coefficient (Wildman–Crippen LogP) is 2.03. The van der Waals surface area contributed by atoms with Crippen molar-refractivity contribution in [1.82, 2.24) is 5.32 Å². The molecule has 0 aromatic carbocycles. The lowest BCUT2D eigenvalue weighted by atomic mass is 9.86. The van der Waals surface area contributed by atoms with E-state index in [4.69, 9.17) is 10.5 Å². The van der Waals surface area contributed by atoms with Crippen molar-refractivity contribution in [3.05, 3.63) is 0 Å². The maximum absolute atomic E-state index is 10.8. The Morgan fingerprint density at radius 2 is 2.12 bits per heavy atom. The summed E-state index contributed by atoms with van der Waals surface area (Å²) in [5, 5.41) is 2.79. The van der Waals surface area contributed by atoms with Crippen molar-refractivity contribution in [2.45, 2.75) is 58.1 Å². The molecule has 0 aromatic heterocycles. The molecule has 0 heterocycles. The maximum atomic E-state index is 10.8. The van der Waals surface area contributed by atoms with E-state index in [-0.39, 0.29) is 11.6 Å². The molecule has 1 aliphatic rings. The van der Waals surface area contributed by atoms with Crippen LogP contribution in [-0.4, -0.2) is 24.3 Å². The molecule has 1 rings (SSSR count). The quantitative estimate of drug-likeness (QED) is 0.776. The first-order valence-electron chi connectivity index (χ1n) is 6.07. The van der Waals surface area contributed by atoms with Crippen molar-refractivity contribution in [3.8, 4) is 0 Å². The monoisotopic (exact) mass is 228 g/mol. The van der Waals surface area contributed by atoms with Crippen LogP contribution in [0.2, 0.25) is 0 Å². The number of rotatable bonds is 3. The molecule has 2 atom stereocenters. The molecule has 16 heavy (non-hydrogen) atoms. The smallest absolute Gasteiger partial charge is 0.312 e. The predicted molar refractivity (Wildman–Crippen MR) is 64.2 cm³/mol. The number of hydrogen-bond acceptors (Lipinski definition) is 2. The lowest BCUT2D eigenvalue weighted by Crippen LogP contribution is -2.42. The van der Waals surface area contributed by atoms with Crippen LogP contribution in [0.15, 0.2) is 0 Å². The Labute approximate surface area is 97.9 Å². The number of carbonyl (C=O) groups excluding carboxylic acids is 1. The molecule has 2 amide bonds. The first-order chi connectivity index (χ1) is 7.37. The Kier molecular flexibility index (Phi) is 4.59. The number of amides is 2. The molecule has 4 nitrogen and oxygen atoms in total. The molecule has 1 aliphatic carbocycles. The highest BCUT2D eigenvalue weighted by molar-refractivity contribution is 5.71. The van der Waals surface area contributed by atoms with Gasteiger partial charge in [0.25, 0.3) is 0 Å². The summed E-state index contributed by atoms with van der Waals surface area (Å²) in [5.41, 5.74) is 5.05. The Balaban J connectivity index is 2.30. The van der Waals surface area contributed by atoms with E-state index in [9.17, 15) is 4.79 Å². The Morgan fingerprint density at radius 3 is 2.69 bits per heavy atom. The van der Waals surface area contributed by atoms with E-state index in [0.29, 0.717) is 5.92 Å². The topological polar surface area (TPSA) is 64.3 Å². The van der Waals surface area contributed by atoms with Crippen molar-refractivity contribution in [2.75, 3.05) is 6.61 Å². The van der Waals surface area contributed by atoms with Gasteiger partial charge in [0.15, 0.2) is 0 Å². The summed E-state index contributed by atoms with van der Waals surface area (Å²) < 4.78 is 5.78. The van der Waals surface area contributed by atoms with Crippen LogP contribution in [0.1, 0.15) is 46.5 Å². The number of nitrogens with one attached hydrogen (secondary N) is 1. The average molecular weight is 228 g/mol. The van der Waals surface area contributed by atoms with Gasteiger partial charge in [0.05, 0.1) is 12.2 Å². The van der Waals surface area contributed by atoms with E-state index in [1.165, 1.54) is 6.42 Å². The molecule has 0 spiro atoms. The molecule has 3 N–H and O–H groups in total. The van der Waals surface area contributed by atoms with Gasteiger partial charge in [-0.25, -0.2) is 4.79 Å². The van der Waals surface area contributed by atoms with Gasteiger partial charge < -0.3 is 15.8 Å². The normalized spacial score (nSPS) is 26.4. The first kappa shape index (κ1) is 13.3. The zero-order valence-electron chi connectivity index (χ0n) is 10.6. The Morgan fingerprint density at radius 1 is 1.44 bits per heavy atom. The van der Waals surface area contributed by atoms with Gasteiger partial charge in [0.1, 0.15) is 0 Å². The van der Waals surface area contributed by atoms with Crippen molar-refractivity contribution < 1.29 is 9.53 Å². The fourth-order valence-electron chi connectivity index (χ4n) is 2.14. The van der Waals surface area contributed by atoms with Crippen LogP contribution in [-0.2, 0) is 4.74 Å². The first-order valence-corrected chi connectivity index (χ1v) is 6.07. The molecule has 0 saturated heterocycles. The van der Waals surface area contributed by atoms with Crippen molar-refractivity contribution in [1.29, 1.82) is 0 Å². The summed E-state index contributed by atoms with van der Waals surface area (Å²) in [4.78, 5) is 10.8. The van der Waals surface area contributed by atoms with E-state index in [1.54, 1.807) is 0 Å². The van der Waals surface area contributed by atoms with E-state index < -0.39 is 6.03 Å². The highest BCUT2D eigenvalue weighted by Gasteiger charge is 2.24. The van der Waals surface area contributed by atoms with E-state index in [1.807, 2.05) is 0 Å². The van der Waals surface area contributed by atoms with Gasteiger partial charge in [-0.15, -0.1) is 0 Å². The number of carbonyl (C=O) groups is 1. The van der Waals surface area contributed by atoms with E-state index in [2.05, 4.69) is 26.1 Å². The van der Waals surface area contributed by atoms with E-state index >= 15 is 0 Å². The highest BCUT2D eigenvalue weighted by Crippen LogP contribution is 2.25. The third kappa shape index (κ3) is 5.35. The summed E-state index contributed by atoms with van der Waals surface area (Å²) >= 11 is 0. The molecule has 1 saturated carbocycles. The van der Waals surface area contributed by atoms with Gasteiger partial charge in [-0.2, -0.15) is 0 Å². The van der Waals surface area contributed by atoms with Crippen molar-refractivity contribution in [2.24, 2.45) is 11.7 Å². The standard InChI is InChI=1S/C12H24N2O2/c1-12(2,3)16-8-9-5-4-6-10(7-9)14-11(13)15/h9-10H,4-8H2,1-3H3,(H3,13,14,15). The molecular weight excluding hydrogens is 204 g/mol. The minimum absolute atomic E-state index is 0.0793. The van der Waals surface area contributed by atoms with Crippen LogP contribution in [0.3, 0.4) is 0 Å². The van der Waals surface area contributed by atoms with Crippen LogP contribution >= 0.6 is 0 Å². The van der Waals surface area contributed by atoms with Crippen LogP contribution in [0.25, 0.3) is 0 Å². The van der Waals surface area contributed by atoms with Crippen molar-refractivity contribution >= 4 is 6.03 Å². The second-order valence-electron chi connectivity index (χ2n) is 5.66. The summed E-state index contributed by atoms with van der Waals surface area (Å²) in [5.74, 6) is 0.546. The average Bonchev–Trinajstić information content (AvgIpc) is 2.13. The number of urea groups is 1. The fourth-order valence-corrected chi connectivity index (χ4v) is 2.14. The van der Waals surface area contributed by atoms with Crippen LogP contribution in [0, 0.1) is 5.92 Å². The molecule has 0 aromatic rings. The van der Waals surface area contributed by atoms with Crippen molar-refractivity contribution in [3.63, 3.8) is 0 Å². The Bertz CT molecular complexity index is 236. The summed E-state index contributed by atoms with van der Waals surface area (Å²) in [6, 6.07) is -0.179. The largest absolute Gasteiger partial charge is 0.376 e. The lowest BCUT2D eigenvalue weighted by molar-refractivity contribution is -0.0295. The van der Waals surface area contributed by atoms with Gasteiger partial charge in [0.2, 0.25) is 0 Å². The minimum Gasteiger partial charge on any atom is -0.376 e. The summed E-state index contributed by atoms with van der Waals surface area (Å²) in [6.45, 7) is 6.97. The minimum atomic E-state index is -0.414. The summed E-state index contributed by atoms with van der Waals surface area (Å²) in [6.07, 6.45) is 4.35. The van der Waals surface area contributed by atoms with Gasteiger partial charge in [-0.1, -0.05) is 6.42 Å². The fraction of sp³-hybridized carbons (Fsp3) is 0.917. The van der Waals surface area contributed by atoms with Crippen LogP contribution in [0.4, 0.5) is 4.79 Å². The Hall–Kier alpha value is -0.770. The molecule has 0 bridgehead atoms. The molecule has 2 unspecified atom stereocenters. The lowest BCUT2D eigenvalue weighted by Gasteiger charge is -2.31. The number of nitrogens with two attached hydrogens (primary N) is 1. The highest BCUT2D eigenvalue weighted by atomic mass is 16.5. The third-order valence-electron chi connectivity index (χ3n) is 2.88.